The second-order valence-electron chi connectivity index (χ2n) is 5.09. The minimum absolute atomic E-state index is 0. The molecule has 1 heterocycles. The van der Waals surface area contributed by atoms with Crippen molar-refractivity contribution in [3.05, 3.63) is 34.9 Å². The Labute approximate surface area is 123 Å². The summed E-state index contributed by atoms with van der Waals surface area (Å²) in [5.74, 6) is 0. The Morgan fingerprint density at radius 3 is 2.30 bits per heavy atom. The predicted molar refractivity (Wildman–Crippen MR) is 76.4 cm³/mol. The highest BCUT2D eigenvalue weighted by Gasteiger charge is 2.45. The molecule has 6 heteroatoms. The quantitative estimate of drug-likeness (QED) is 0.902. The zero-order chi connectivity index (χ0) is 14.0. The van der Waals surface area contributed by atoms with E-state index in [2.05, 4.69) is 5.32 Å². The molecule has 1 saturated heterocycles. The Kier molecular flexibility index (Phi) is 5.86. The van der Waals surface area contributed by atoms with Crippen LogP contribution in [-0.4, -0.2) is 37.3 Å². The van der Waals surface area contributed by atoms with E-state index in [9.17, 15) is 13.2 Å². The van der Waals surface area contributed by atoms with E-state index in [4.69, 9.17) is 0 Å². The van der Waals surface area contributed by atoms with Gasteiger partial charge in [-0.2, -0.15) is 13.2 Å². The summed E-state index contributed by atoms with van der Waals surface area (Å²) in [5.41, 5.74) is 1.95. The average molecular weight is 309 g/mol. The van der Waals surface area contributed by atoms with Crippen LogP contribution >= 0.6 is 12.4 Å². The fourth-order valence-electron chi connectivity index (χ4n) is 2.57. The van der Waals surface area contributed by atoms with Crippen LogP contribution in [0.4, 0.5) is 13.2 Å². The first kappa shape index (κ1) is 17.3. The minimum Gasteiger partial charge on any atom is -0.314 e. The van der Waals surface area contributed by atoms with Crippen LogP contribution in [0.25, 0.3) is 0 Å². The lowest BCUT2D eigenvalue weighted by molar-refractivity contribution is -0.188. The van der Waals surface area contributed by atoms with Crippen LogP contribution in [-0.2, 0) is 0 Å². The van der Waals surface area contributed by atoms with E-state index >= 15 is 0 Å². The number of aryl methyl sites for hydroxylation is 2. The predicted octanol–water partition coefficient (Wildman–Crippen LogP) is 3.23. The van der Waals surface area contributed by atoms with Crippen LogP contribution in [0.5, 0.6) is 0 Å². The molecule has 0 radical (unpaired) electrons. The highest BCUT2D eigenvalue weighted by Crippen LogP contribution is 2.39. The van der Waals surface area contributed by atoms with E-state index in [-0.39, 0.29) is 12.4 Å². The Morgan fingerprint density at radius 1 is 1.15 bits per heavy atom. The Morgan fingerprint density at radius 2 is 1.75 bits per heavy atom. The van der Waals surface area contributed by atoms with Crippen LogP contribution in [0.2, 0.25) is 0 Å². The second kappa shape index (κ2) is 6.78. The van der Waals surface area contributed by atoms with Crippen LogP contribution in [0.15, 0.2) is 18.2 Å². The topological polar surface area (TPSA) is 15.3 Å². The molecule has 0 amide bonds. The SMILES string of the molecule is Cc1ccc(C)c([C@@H](N2CCNCC2)C(F)(F)F)c1.Cl. The van der Waals surface area contributed by atoms with Gasteiger partial charge in [-0.05, 0) is 25.0 Å². The average Bonchev–Trinajstić information content (AvgIpc) is 2.33. The number of rotatable bonds is 2. The van der Waals surface area contributed by atoms with Crippen molar-refractivity contribution in [1.29, 1.82) is 0 Å². The van der Waals surface area contributed by atoms with Gasteiger partial charge in [-0.1, -0.05) is 23.8 Å². The van der Waals surface area contributed by atoms with Gasteiger partial charge >= 0.3 is 6.18 Å². The van der Waals surface area contributed by atoms with E-state index in [1.807, 2.05) is 13.0 Å². The molecule has 1 aliphatic rings. The molecular weight excluding hydrogens is 289 g/mol. The first-order valence-electron chi connectivity index (χ1n) is 6.48. The summed E-state index contributed by atoms with van der Waals surface area (Å²) in [6.07, 6.45) is -4.24. The molecule has 20 heavy (non-hydrogen) atoms. The van der Waals surface area contributed by atoms with E-state index in [1.54, 1.807) is 19.1 Å². The fourth-order valence-corrected chi connectivity index (χ4v) is 2.57. The molecule has 1 aromatic rings. The number of benzene rings is 1. The van der Waals surface area contributed by atoms with E-state index in [0.717, 1.165) is 5.56 Å². The summed E-state index contributed by atoms with van der Waals surface area (Å²) in [7, 11) is 0. The molecule has 0 bridgehead atoms. The summed E-state index contributed by atoms with van der Waals surface area (Å²) in [6, 6.07) is 3.79. The van der Waals surface area contributed by atoms with Crippen LogP contribution in [0, 0.1) is 13.8 Å². The number of hydrogen-bond acceptors (Lipinski definition) is 2. The molecule has 1 fully saturated rings. The molecule has 0 unspecified atom stereocenters. The van der Waals surface area contributed by atoms with Gasteiger partial charge in [0.05, 0.1) is 0 Å². The van der Waals surface area contributed by atoms with Gasteiger partial charge in [0, 0.05) is 26.2 Å². The lowest BCUT2D eigenvalue weighted by Gasteiger charge is -2.37. The van der Waals surface area contributed by atoms with Crippen molar-refractivity contribution in [2.75, 3.05) is 26.2 Å². The molecule has 2 nitrogen and oxygen atoms in total. The van der Waals surface area contributed by atoms with Crippen molar-refractivity contribution in [1.82, 2.24) is 10.2 Å². The van der Waals surface area contributed by atoms with Gasteiger partial charge in [0.15, 0.2) is 0 Å². The minimum atomic E-state index is -4.24. The summed E-state index contributed by atoms with van der Waals surface area (Å²) in [4.78, 5) is 1.53. The molecule has 1 N–H and O–H groups in total. The lowest BCUT2D eigenvalue weighted by atomic mass is 9.97. The lowest BCUT2D eigenvalue weighted by Crippen LogP contribution is -2.49. The Balaban J connectivity index is 0.00000200. The summed E-state index contributed by atoms with van der Waals surface area (Å²) in [6.45, 7) is 5.65. The van der Waals surface area contributed by atoms with E-state index in [1.165, 1.54) is 4.90 Å². The highest BCUT2D eigenvalue weighted by molar-refractivity contribution is 5.85. The smallest absolute Gasteiger partial charge is 0.314 e. The maximum atomic E-state index is 13.4. The first-order valence-corrected chi connectivity index (χ1v) is 6.48. The van der Waals surface area contributed by atoms with Crippen molar-refractivity contribution in [2.24, 2.45) is 0 Å². The third kappa shape index (κ3) is 3.87. The van der Waals surface area contributed by atoms with Gasteiger partial charge in [0.25, 0.3) is 0 Å². The van der Waals surface area contributed by atoms with Gasteiger partial charge in [0.2, 0.25) is 0 Å². The zero-order valence-corrected chi connectivity index (χ0v) is 12.4. The normalized spacial score (nSPS) is 18.4. The largest absolute Gasteiger partial charge is 0.408 e. The van der Waals surface area contributed by atoms with Gasteiger partial charge in [-0.15, -0.1) is 12.4 Å². The number of nitrogens with zero attached hydrogens (tertiary/aromatic N) is 1. The number of piperazine rings is 1. The maximum absolute atomic E-state index is 13.4. The summed E-state index contributed by atoms with van der Waals surface area (Å²) < 4.78 is 40.3. The van der Waals surface area contributed by atoms with Crippen molar-refractivity contribution < 1.29 is 13.2 Å². The molecule has 0 saturated carbocycles. The molecule has 1 atom stereocenters. The van der Waals surface area contributed by atoms with Crippen molar-refractivity contribution in [2.45, 2.75) is 26.1 Å². The van der Waals surface area contributed by atoms with Crippen LogP contribution < -0.4 is 5.32 Å². The molecule has 114 valence electrons. The van der Waals surface area contributed by atoms with Gasteiger partial charge in [-0.25, -0.2) is 0 Å². The second-order valence-corrected chi connectivity index (χ2v) is 5.09. The summed E-state index contributed by atoms with van der Waals surface area (Å²) in [5, 5.41) is 3.09. The van der Waals surface area contributed by atoms with Crippen molar-refractivity contribution in [3.8, 4) is 0 Å². The van der Waals surface area contributed by atoms with E-state index in [0.29, 0.717) is 37.3 Å². The Bertz CT molecular complexity index is 443. The van der Waals surface area contributed by atoms with Gasteiger partial charge < -0.3 is 5.32 Å². The Hall–Kier alpha value is -0.780. The van der Waals surface area contributed by atoms with Crippen LogP contribution in [0.3, 0.4) is 0 Å². The molecule has 1 aromatic carbocycles. The summed E-state index contributed by atoms with van der Waals surface area (Å²) >= 11 is 0. The number of hydrogen-bond donors (Lipinski definition) is 1. The van der Waals surface area contributed by atoms with Gasteiger partial charge in [0.1, 0.15) is 6.04 Å². The standard InChI is InChI=1S/C14H19F3N2.ClH/c1-10-3-4-11(2)12(9-10)13(14(15,16)17)19-7-5-18-6-8-19;/h3-4,9,13,18H,5-8H2,1-2H3;1H/t13-;/m1./s1. The number of nitrogens with one attached hydrogen (secondary N) is 1. The van der Waals surface area contributed by atoms with E-state index < -0.39 is 12.2 Å². The molecular formula is C14H20ClF3N2. The number of alkyl halides is 3. The molecule has 0 aromatic heterocycles. The fraction of sp³-hybridized carbons (Fsp3) is 0.571. The van der Waals surface area contributed by atoms with Crippen LogP contribution in [0.1, 0.15) is 22.7 Å². The van der Waals surface area contributed by atoms with Gasteiger partial charge in [-0.3, -0.25) is 4.90 Å². The highest BCUT2D eigenvalue weighted by atomic mass is 35.5. The van der Waals surface area contributed by atoms with Crippen molar-refractivity contribution in [3.63, 3.8) is 0 Å². The molecule has 2 rings (SSSR count). The molecule has 1 aliphatic heterocycles. The molecule has 0 aliphatic carbocycles. The zero-order valence-electron chi connectivity index (χ0n) is 11.6. The monoisotopic (exact) mass is 308 g/mol. The molecule has 0 spiro atoms. The first-order chi connectivity index (χ1) is 8.89. The van der Waals surface area contributed by atoms with Crippen molar-refractivity contribution >= 4 is 12.4 Å². The third-order valence-corrected chi connectivity index (χ3v) is 3.56. The maximum Gasteiger partial charge on any atom is 0.408 e. The number of halogens is 4. The third-order valence-electron chi connectivity index (χ3n) is 3.56.